The van der Waals surface area contributed by atoms with Crippen molar-refractivity contribution in [2.24, 2.45) is 0 Å². The van der Waals surface area contributed by atoms with Crippen molar-refractivity contribution in [3.8, 4) is 0 Å². The van der Waals surface area contributed by atoms with E-state index in [1.54, 1.807) is 20.9 Å². The molecule has 1 rings (SSSR count). The Morgan fingerprint density at radius 3 is 2.60 bits per heavy atom. The molecule has 0 spiro atoms. The van der Waals surface area contributed by atoms with Crippen LogP contribution in [0.3, 0.4) is 0 Å². The highest BCUT2D eigenvalue weighted by molar-refractivity contribution is 5.86. The fourth-order valence-electron chi connectivity index (χ4n) is 2.29. The summed E-state index contributed by atoms with van der Waals surface area (Å²) >= 11 is 0. The van der Waals surface area contributed by atoms with Gasteiger partial charge in [-0.15, -0.1) is 0 Å². The molecule has 0 aromatic carbocycles. The van der Waals surface area contributed by atoms with Gasteiger partial charge < -0.3 is 19.6 Å². The van der Waals surface area contributed by atoms with E-state index < -0.39 is 11.5 Å². The Morgan fingerprint density at radius 2 is 2.05 bits per heavy atom. The lowest BCUT2D eigenvalue weighted by Gasteiger charge is -2.34. The molecule has 1 aliphatic rings. The van der Waals surface area contributed by atoms with Crippen LogP contribution in [0.1, 0.15) is 33.1 Å². The number of hydrogen-bond acceptors (Lipinski definition) is 4. The van der Waals surface area contributed by atoms with E-state index in [1.807, 2.05) is 0 Å². The summed E-state index contributed by atoms with van der Waals surface area (Å²) in [4.78, 5) is 37.6. The molecule has 1 atom stereocenters. The Balaban J connectivity index is 2.60. The minimum absolute atomic E-state index is 0.105. The maximum Gasteiger partial charge on any atom is 0.329 e. The molecular formula is C13H22N2O5. The van der Waals surface area contributed by atoms with Crippen molar-refractivity contribution in [3.63, 3.8) is 0 Å². The predicted octanol–water partition coefficient (Wildman–Crippen LogP) is 0.931. The summed E-state index contributed by atoms with van der Waals surface area (Å²) in [5.74, 6) is -1.36. The fraction of sp³-hybridized carbons (Fsp3) is 0.769. The molecule has 1 fully saturated rings. The molecule has 1 N–H and O–H groups in total. The second-order valence-electron chi connectivity index (χ2n) is 5.09. The van der Waals surface area contributed by atoms with Crippen LogP contribution in [-0.4, -0.2) is 65.2 Å². The summed E-state index contributed by atoms with van der Waals surface area (Å²) in [6, 6.07) is -0.364. The van der Waals surface area contributed by atoms with Gasteiger partial charge in [0.1, 0.15) is 5.54 Å². The zero-order chi connectivity index (χ0) is 15.3. The van der Waals surface area contributed by atoms with Gasteiger partial charge >= 0.3 is 18.0 Å². The van der Waals surface area contributed by atoms with Crippen molar-refractivity contribution in [3.05, 3.63) is 0 Å². The van der Waals surface area contributed by atoms with Crippen molar-refractivity contribution in [2.45, 2.75) is 38.6 Å². The van der Waals surface area contributed by atoms with Gasteiger partial charge in [0.15, 0.2) is 0 Å². The number of ether oxygens (including phenoxy) is 1. The number of urea groups is 1. The molecular weight excluding hydrogens is 264 g/mol. The van der Waals surface area contributed by atoms with Gasteiger partial charge in [-0.2, -0.15) is 0 Å². The molecule has 7 nitrogen and oxygen atoms in total. The highest BCUT2D eigenvalue weighted by Gasteiger charge is 2.46. The molecule has 0 saturated carbocycles. The molecule has 0 aliphatic carbocycles. The molecule has 1 unspecified atom stereocenters. The van der Waals surface area contributed by atoms with Crippen LogP contribution in [0.2, 0.25) is 0 Å². The van der Waals surface area contributed by atoms with E-state index in [9.17, 15) is 19.5 Å². The Bertz CT molecular complexity index is 398. The molecule has 2 amide bonds. The molecule has 20 heavy (non-hydrogen) atoms. The number of nitrogens with zero attached hydrogens (tertiary/aromatic N) is 2. The summed E-state index contributed by atoms with van der Waals surface area (Å²) in [5.41, 5.74) is -1.16. The third-order valence-corrected chi connectivity index (χ3v) is 3.62. The average Bonchev–Trinajstić information content (AvgIpc) is 2.79. The molecule has 1 saturated heterocycles. The lowest BCUT2D eigenvalue weighted by molar-refractivity contribution is -0.147. The first kappa shape index (κ1) is 16.3. The van der Waals surface area contributed by atoms with Crippen LogP contribution < -0.4 is 0 Å². The highest BCUT2D eigenvalue weighted by Crippen LogP contribution is 2.30. The van der Waals surface area contributed by atoms with E-state index in [0.717, 1.165) is 0 Å². The number of carbonyl (C=O) groups is 3. The van der Waals surface area contributed by atoms with Crippen LogP contribution in [0.4, 0.5) is 4.79 Å². The van der Waals surface area contributed by atoms with Crippen LogP contribution in [0.25, 0.3) is 0 Å². The Morgan fingerprint density at radius 1 is 1.40 bits per heavy atom. The van der Waals surface area contributed by atoms with Crippen molar-refractivity contribution >= 4 is 18.0 Å². The zero-order valence-corrected chi connectivity index (χ0v) is 12.2. The van der Waals surface area contributed by atoms with Gasteiger partial charge in [-0.05, 0) is 26.7 Å². The van der Waals surface area contributed by atoms with Gasteiger partial charge in [-0.3, -0.25) is 4.79 Å². The van der Waals surface area contributed by atoms with Crippen molar-refractivity contribution < 1.29 is 24.2 Å². The fourth-order valence-corrected chi connectivity index (χ4v) is 2.29. The summed E-state index contributed by atoms with van der Waals surface area (Å²) in [6.45, 7) is 4.21. The van der Waals surface area contributed by atoms with E-state index in [4.69, 9.17) is 4.74 Å². The van der Waals surface area contributed by atoms with E-state index in [-0.39, 0.29) is 25.0 Å². The van der Waals surface area contributed by atoms with Gasteiger partial charge in [0.2, 0.25) is 0 Å². The first-order valence-corrected chi connectivity index (χ1v) is 6.74. The van der Waals surface area contributed by atoms with Crippen molar-refractivity contribution in [1.82, 2.24) is 9.80 Å². The number of likely N-dealkylation sites (tertiary alicyclic amines) is 1. The van der Waals surface area contributed by atoms with Crippen molar-refractivity contribution in [2.75, 3.05) is 26.7 Å². The standard InChI is InChI=1S/C13H22N2O5/c1-4-20-10(16)6-9-14(3)12(19)15-8-5-7-13(15,2)11(17)18/h4-9H2,1-3H3,(H,17,18). The molecule has 7 heteroatoms. The largest absolute Gasteiger partial charge is 0.480 e. The predicted molar refractivity (Wildman–Crippen MR) is 71.3 cm³/mol. The number of esters is 1. The minimum atomic E-state index is -1.16. The number of hydrogen-bond donors (Lipinski definition) is 1. The van der Waals surface area contributed by atoms with Gasteiger partial charge in [-0.25, -0.2) is 9.59 Å². The third-order valence-electron chi connectivity index (χ3n) is 3.62. The highest BCUT2D eigenvalue weighted by atomic mass is 16.5. The maximum atomic E-state index is 12.3. The number of carboxylic acids is 1. The number of carbonyl (C=O) groups excluding carboxylic acids is 2. The first-order valence-electron chi connectivity index (χ1n) is 6.74. The summed E-state index contributed by atoms with van der Waals surface area (Å²) in [7, 11) is 1.56. The molecule has 114 valence electrons. The molecule has 0 aromatic heterocycles. The van der Waals surface area contributed by atoms with E-state index in [0.29, 0.717) is 26.0 Å². The van der Waals surface area contributed by atoms with E-state index >= 15 is 0 Å². The van der Waals surface area contributed by atoms with E-state index in [1.165, 1.54) is 9.80 Å². The normalized spacial score (nSPS) is 21.6. The minimum Gasteiger partial charge on any atom is -0.480 e. The maximum absolute atomic E-state index is 12.3. The molecule has 0 radical (unpaired) electrons. The quantitative estimate of drug-likeness (QED) is 0.760. The number of aliphatic carboxylic acids is 1. The van der Waals surface area contributed by atoms with E-state index in [2.05, 4.69) is 0 Å². The summed E-state index contributed by atoms with van der Waals surface area (Å²) in [5, 5.41) is 9.28. The number of amides is 2. The molecule has 1 aliphatic heterocycles. The lowest BCUT2D eigenvalue weighted by Crippen LogP contribution is -2.54. The summed E-state index contributed by atoms with van der Waals surface area (Å²) < 4.78 is 4.79. The van der Waals surface area contributed by atoms with Gasteiger partial charge in [-0.1, -0.05) is 0 Å². The average molecular weight is 286 g/mol. The molecule has 0 aromatic rings. The van der Waals surface area contributed by atoms with Crippen LogP contribution in [-0.2, 0) is 14.3 Å². The smallest absolute Gasteiger partial charge is 0.329 e. The Hall–Kier alpha value is -1.79. The third kappa shape index (κ3) is 3.40. The first-order chi connectivity index (χ1) is 9.32. The monoisotopic (exact) mass is 286 g/mol. The summed E-state index contributed by atoms with van der Waals surface area (Å²) in [6.07, 6.45) is 1.22. The number of carboxylic acid groups (broad SMARTS) is 1. The van der Waals surface area contributed by atoms with Crippen LogP contribution in [0.5, 0.6) is 0 Å². The lowest BCUT2D eigenvalue weighted by atomic mass is 10.00. The molecule has 1 heterocycles. The van der Waals surface area contributed by atoms with Crippen LogP contribution in [0.15, 0.2) is 0 Å². The Kier molecular flexibility index (Phi) is 5.35. The topological polar surface area (TPSA) is 87.2 Å². The van der Waals surface area contributed by atoms with Gasteiger partial charge in [0, 0.05) is 20.1 Å². The van der Waals surface area contributed by atoms with Crippen LogP contribution >= 0.6 is 0 Å². The SMILES string of the molecule is CCOC(=O)CCN(C)C(=O)N1CCCC1(C)C(=O)O. The second kappa shape index (κ2) is 6.58. The van der Waals surface area contributed by atoms with Crippen LogP contribution in [0, 0.1) is 0 Å². The van der Waals surface area contributed by atoms with Gasteiger partial charge in [0.25, 0.3) is 0 Å². The zero-order valence-electron chi connectivity index (χ0n) is 12.2. The van der Waals surface area contributed by atoms with Crippen molar-refractivity contribution in [1.29, 1.82) is 0 Å². The number of rotatable bonds is 5. The Labute approximate surface area is 118 Å². The van der Waals surface area contributed by atoms with Gasteiger partial charge in [0.05, 0.1) is 13.0 Å². The second-order valence-corrected chi connectivity index (χ2v) is 5.09. The molecule has 0 bridgehead atoms.